The minimum absolute atomic E-state index is 0.0616. The summed E-state index contributed by atoms with van der Waals surface area (Å²) in [5, 5.41) is 10.8. The van der Waals surface area contributed by atoms with Crippen LogP contribution in [0.2, 0.25) is 0 Å². The van der Waals surface area contributed by atoms with Gasteiger partial charge in [-0.2, -0.15) is 0 Å². The van der Waals surface area contributed by atoms with Gasteiger partial charge in [0.15, 0.2) is 6.17 Å². The van der Waals surface area contributed by atoms with E-state index in [1.165, 1.54) is 0 Å². The van der Waals surface area contributed by atoms with Crippen LogP contribution in [0.25, 0.3) is 0 Å². The minimum Gasteiger partial charge on any atom is -0.480 e. The van der Waals surface area contributed by atoms with Crippen LogP contribution in [0.5, 0.6) is 0 Å². The number of carbonyl (C=O) groups is 3. The molecule has 0 fully saturated rings. The largest absolute Gasteiger partial charge is 0.480 e. The average Bonchev–Trinajstić information content (AvgIpc) is 2.45. The quantitative estimate of drug-likeness (QED) is 0.680. The third kappa shape index (κ3) is 5.89. The van der Waals surface area contributed by atoms with E-state index in [0.717, 1.165) is 0 Å². The number of alkyl halides is 1. The fourth-order valence-corrected chi connectivity index (χ4v) is 1.45. The van der Waals surface area contributed by atoms with Gasteiger partial charge in [-0.3, -0.25) is 4.79 Å². The smallest absolute Gasteiger partial charge is 0.408 e. The Morgan fingerprint density at radius 1 is 1.29 bits per heavy atom. The lowest BCUT2D eigenvalue weighted by molar-refractivity contribution is -0.140. The Morgan fingerprint density at radius 3 is 2.43 bits per heavy atom. The summed E-state index contributed by atoms with van der Waals surface area (Å²) in [4.78, 5) is 32.9. The predicted octanol–water partition coefficient (Wildman–Crippen LogP) is 0.579. The number of halogens is 1. The summed E-state index contributed by atoms with van der Waals surface area (Å²) in [5.74, 6) is -2.78. The lowest BCUT2D eigenvalue weighted by Gasteiger charge is -2.15. The summed E-state index contributed by atoms with van der Waals surface area (Å²) in [7, 11) is 0. The molecule has 0 heterocycles. The second-order valence-corrected chi connectivity index (χ2v) is 4.20. The van der Waals surface area contributed by atoms with E-state index >= 15 is 0 Å². The van der Waals surface area contributed by atoms with Gasteiger partial charge in [-0.05, 0) is 5.56 Å². The molecule has 2 amide bonds. The van der Waals surface area contributed by atoms with Crippen LogP contribution in [0.1, 0.15) is 12.0 Å². The van der Waals surface area contributed by atoms with Crippen LogP contribution in [-0.2, 0) is 20.9 Å². The first kappa shape index (κ1) is 16.4. The first-order valence-corrected chi connectivity index (χ1v) is 6.03. The summed E-state index contributed by atoms with van der Waals surface area (Å²) in [6.07, 6.45) is -3.95. The zero-order valence-electron chi connectivity index (χ0n) is 11.0. The molecule has 21 heavy (non-hydrogen) atoms. The number of aliphatic carboxylic acids is 1. The van der Waals surface area contributed by atoms with E-state index in [9.17, 15) is 18.8 Å². The third-order valence-corrected chi connectivity index (χ3v) is 2.55. The van der Waals surface area contributed by atoms with Crippen LogP contribution < -0.4 is 11.1 Å². The van der Waals surface area contributed by atoms with Crippen LogP contribution in [-0.4, -0.2) is 35.3 Å². The molecular weight excluding hydrogens is 283 g/mol. The van der Waals surface area contributed by atoms with E-state index in [4.69, 9.17) is 15.6 Å². The second kappa shape index (κ2) is 7.83. The Kier molecular flexibility index (Phi) is 6.12. The molecule has 1 aromatic rings. The predicted molar refractivity (Wildman–Crippen MR) is 69.9 cm³/mol. The van der Waals surface area contributed by atoms with Gasteiger partial charge < -0.3 is 20.9 Å². The summed E-state index contributed by atoms with van der Waals surface area (Å²) >= 11 is 0. The number of carboxylic acid groups (broad SMARTS) is 1. The maximum Gasteiger partial charge on any atom is 0.408 e. The molecule has 7 nitrogen and oxygen atoms in total. The molecule has 0 aromatic heterocycles. The Labute approximate surface area is 119 Å². The molecule has 2 atom stereocenters. The highest BCUT2D eigenvalue weighted by molar-refractivity contribution is 5.83. The average molecular weight is 298 g/mol. The number of primary amides is 1. The van der Waals surface area contributed by atoms with Gasteiger partial charge in [-0.15, -0.1) is 0 Å². The van der Waals surface area contributed by atoms with Crippen LogP contribution in [0.4, 0.5) is 9.18 Å². The standard InChI is InChI=1S/C13H15FN2O5/c14-9(11(15)17)6-10(12(18)19)16-13(20)21-7-8-4-2-1-3-5-8/h1-5,9-10H,6-7H2,(H2,15,17)(H,16,20)(H,18,19)/t9-,10+/m1/s1. The first-order valence-electron chi connectivity index (χ1n) is 6.03. The van der Waals surface area contributed by atoms with Gasteiger partial charge in [-0.25, -0.2) is 14.0 Å². The van der Waals surface area contributed by atoms with Gasteiger partial charge in [0, 0.05) is 6.42 Å². The molecule has 0 aliphatic heterocycles. The minimum atomic E-state index is -2.17. The van der Waals surface area contributed by atoms with E-state index in [2.05, 4.69) is 0 Å². The van der Waals surface area contributed by atoms with Gasteiger partial charge in [0.2, 0.25) is 0 Å². The Morgan fingerprint density at radius 2 is 1.90 bits per heavy atom. The number of amides is 2. The Hall–Kier alpha value is -2.64. The van der Waals surface area contributed by atoms with Gasteiger partial charge in [-0.1, -0.05) is 30.3 Å². The van der Waals surface area contributed by atoms with Crippen LogP contribution >= 0.6 is 0 Å². The number of hydrogen-bond acceptors (Lipinski definition) is 4. The number of ether oxygens (including phenoxy) is 1. The number of benzene rings is 1. The van der Waals surface area contributed by atoms with E-state index in [-0.39, 0.29) is 6.61 Å². The van der Waals surface area contributed by atoms with E-state index in [1.807, 2.05) is 5.32 Å². The third-order valence-electron chi connectivity index (χ3n) is 2.55. The van der Waals surface area contributed by atoms with E-state index in [0.29, 0.717) is 5.56 Å². The molecule has 0 aliphatic carbocycles. The van der Waals surface area contributed by atoms with Crippen LogP contribution in [0, 0.1) is 0 Å². The summed E-state index contributed by atoms with van der Waals surface area (Å²) in [5.41, 5.74) is 5.41. The van der Waals surface area contributed by atoms with Crippen molar-refractivity contribution in [2.45, 2.75) is 25.2 Å². The van der Waals surface area contributed by atoms with Crippen molar-refractivity contribution < 1.29 is 28.6 Å². The molecule has 0 saturated heterocycles. The monoisotopic (exact) mass is 298 g/mol. The number of rotatable bonds is 7. The van der Waals surface area contributed by atoms with Crippen molar-refractivity contribution in [1.29, 1.82) is 0 Å². The van der Waals surface area contributed by atoms with Gasteiger partial charge in [0.05, 0.1) is 0 Å². The highest BCUT2D eigenvalue weighted by atomic mass is 19.1. The maximum absolute atomic E-state index is 13.1. The topological polar surface area (TPSA) is 119 Å². The normalized spacial score (nSPS) is 13.0. The lowest BCUT2D eigenvalue weighted by atomic mass is 10.1. The summed E-state index contributed by atoms with van der Waals surface area (Å²) < 4.78 is 17.9. The van der Waals surface area contributed by atoms with Gasteiger partial charge in [0.25, 0.3) is 5.91 Å². The molecular formula is C13H15FN2O5. The summed E-state index contributed by atoms with van der Waals surface area (Å²) in [6, 6.07) is 7.11. The number of hydrogen-bond donors (Lipinski definition) is 3. The lowest BCUT2D eigenvalue weighted by Crippen LogP contribution is -2.44. The van der Waals surface area contributed by atoms with E-state index < -0.39 is 36.6 Å². The van der Waals surface area contributed by atoms with E-state index in [1.54, 1.807) is 30.3 Å². The van der Waals surface area contributed by atoms with Crippen molar-refractivity contribution in [2.24, 2.45) is 5.73 Å². The molecule has 114 valence electrons. The number of nitrogens with one attached hydrogen (secondary N) is 1. The Bertz CT molecular complexity index is 509. The SMILES string of the molecule is NC(=O)[C@H](F)C[C@H](NC(=O)OCc1ccccc1)C(=O)O. The van der Waals surface area contributed by atoms with Gasteiger partial charge >= 0.3 is 12.1 Å². The molecule has 0 spiro atoms. The molecule has 0 radical (unpaired) electrons. The highest BCUT2D eigenvalue weighted by Crippen LogP contribution is 2.05. The maximum atomic E-state index is 13.1. The zero-order valence-corrected chi connectivity index (χ0v) is 11.0. The Balaban J connectivity index is 2.49. The molecule has 0 bridgehead atoms. The summed E-state index contributed by atoms with van der Waals surface area (Å²) in [6.45, 7) is -0.0616. The number of nitrogens with two attached hydrogens (primary N) is 1. The molecule has 0 saturated carbocycles. The zero-order chi connectivity index (χ0) is 15.8. The van der Waals surface area contributed by atoms with Crippen molar-refractivity contribution in [3.8, 4) is 0 Å². The molecule has 1 rings (SSSR count). The van der Waals surface area contributed by atoms with Crippen LogP contribution in [0.3, 0.4) is 0 Å². The van der Waals surface area contributed by atoms with Crippen molar-refractivity contribution >= 4 is 18.0 Å². The molecule has 0 unspecified atom stereocenters. The number of carbonyl (C=O) groups excluding carboxylic acids is 2. The fraction of sp³-hybridized carbons (Fsp3) is 0.308. The molecule has 1 aromatic carbocycles. The fourth-order valence-electron chi connectivity index (χ4n) is 1.45. The molecule has 4 N–H and O–H groups in total. The highest BCUT2D eigenvalue weighted by Gasteiger charge is 2.27. The van der Waals surface area contributed by atoms with Gasteiger partial charge in [0.1, 0.15) is 12.6 Å². The van der Waals surface area contributed by atoms with Crippen molar-refractivity contribution in [3.05, 3.63) is 35.9 Å². The molecule has 0 aliphatic rings. The van der Waals surface area contributed by atoms with Crippen LogP contribution in [0.15, 0.2) is 30.3 Å². The second-order valence-electron chi connectivity index (χ2n) is 4.20. The molecule has 8 heteroatoms. The van der Waals surface area contributed by atoms with Crippen molar-refractivity contribution in [3.63, 3.8) is 0 Å². The van der Waals surface area contributed by atoms with Crippen molar-refractivity contribution in [1.82, 2.24) is 5.32 Å². The first-order chi connectivity index (χ1) is 9.90. The number of carboxylic acids is 1. The van der Waals surface area contributed by atoms with Crippen molar-refractivity contribution in [2.75, 3.05) is 0 Å². The number of alkyl carbamates (subject to hydrolysis) is 1.